The first-order chi connectivity index (χ1) is 13.1. The van der Waals surface area contributed by atoms with Crippen LogP contribution in [0.1, 0.15) is 50.5 Å². The number of hydrogen-bond acceptors (Lipinski definition) is 3. The molecule has 1 saturated carbocycles. The van der Waals surface area contributed by atoms with E-state index in [4.69, 9.17) is 5.11 Å². The summed E-state index contributed by atoms with van der Waals surface area (Å²) >= 11 is 0. The molecule has 6 nitrogen and oxygen atoms in total. The van der Waals surface area contributed by atoms with Crippen LogP contribution in [-0.4, -0.2) is 47.7 Å². The summed E-state index contributed by atoms with van der Waals surface area (Å²) in [4.78, 5) is 25.7. The van der Waals surface area contributed by atoms with E-state index >= 15 is 0 Å². The lowest BCUT2D eigenvalue weighted by Crippen LogP contribution is -2.40. The Morgan fingerprint density at radius 3 is 2.30 bits per heavy atom. The second-order valence-electron chi connectivity index (χ2n) is 7.83. The Morgan fingerprint density at radius 1 is 1.00 bits per heavy atom. The van der Waals surface area contributed by atoms with E-state index in [0.717, 1.165) is 31.5 Å². The lowest BCUT2D eigenvalue weighted by Gasteiger charge is -2.27. The first-order valence-electron chi connectivity index (χ1n) is 10.2. The molecule has 1 heterocycles. The van der Waals surface area contributed by atoms with Crippen LogP contribution in [0.15, 0.2) is 24.3 Å². The van der Waals surface area contributed by atoms with Crippen molar-refractivity contribution in [3.8, 4) is 0 Å². The summed E-state index contributed by atoms with van der Waals surface area (Å²) in [6, 6.07) is 7.91. The van der Waals surface area contributed by atoms with Crippen LogP contribution >= 0.6 is 0 Å². The number of piperidine rings is 1. The third-order valence-corrected chi connectivity index (χ3v) is 5.79. The predicted molar refractivity (Wildman–Crippen MR) is 106 cm³/mol. The topological polar surface area (TPSA) is 81.7 Å². The maximum atomic E-state index is 12.2. The van der Waals surface area contributed by atoms with Gasteiger partial charge < -0.3 is 20.6 Å². The van der Waals surface area contributed by atoms with Crippen molar-refractivity contribution in [3.63, 3.8) is 0 Å². The van der Waals surface area contributed by atoms with Crippen LogP contribution in [0, 0.1) is 5.92 Å². The van der Waals surface area contributed by atoms with Gasteiger partial charge in [-0.1, -0.05) is 18.6 Å². The number of carbonyl (C=O) groups excluding carboxylic acids is 1. The summed E-state index contributed by atoms with van der Waals surface area (Å²) in [6.07, 6.45) is 7.74. The molecule has 0 unspecified atom stereocenters. The molecule has 0 radical (unpaired) electrons. The van der Waals surface area contributed by atoms with Crippen LogP contribution < -0.4 is 10.6 Å². The average molecular weight is 373 g/mol. The normalized spacial score (nSPS) is 23.6. The van der Waals surface area contributed by atoms with Crippen molar-refractivity contribution in [1.82, 2.24) is 10.2 Å². The van der Waals surface area contributed by atoms with E-state index in [-0.39, 0.29) is 18.0 Å². The molecule has 2 fully saturated rings. The van der Waals surface area contributed by atoms with Gasteiger partial charge in [-0.25, -0.2) is 4.79 Å². The van der Waals surface area contributed by atoms with Crippen LogP contribution in [0.3, 0.4) is 0 Å². The largest absolute Gasteiger partial charge is 0.481 e. The Balaban J connectivity index is 1.38. The van der Waals surface area contributed by atoms with Gasteiger partial charge in [0.05, 0.1) is 5.92 Å². The van der Waals surface area contributed by atoms with Gasteiger partial charge in [0.25, 0.3) is 0 Å². The molecule has 27 heavy (non-hydrogen) atoms. The lowest BCUT2D eigenvalue weighted by atomic mass is 9.86. The summed E-state index contributed by atoms with van der Waals surface area (Å²) in [5.74, 6) is -0.984. The first-order valence-corrected chi connectivity index (χ1v) is 10.2. The minimum Gasteiger partial charge on any atom is -0.481 e. The van der Waals surface area contributed by atoms with Crippen LogP contribution in [0.4, 0.5) is 10.5 Å². The summed E-state index contributed by atoms with van der Waals surface area (Å²) in [5.41, 5.74) is 2.08. The number of likely N-dealkylation sites (tertiary alicyclic amines) is 1. The number of anilines is 1. The van der Waals surface area contributed by atoms with Crippen molar-refractivity contribution in [3.05, 3.63) is 29.8 Å². The quantitative estimate of drug-likeness (QED) is 0.713. The number of benzene rings is 1. The van der Waals surface area contributed by atoms with Crippen molar-refractivity contribution < 1.29 is 14.7 Å². The summed E-state index contributed by atoms with van der Waals surface area (Å²) in [5, 5.41) is 14.9. The molecule has 0 aromatic heterocycles. The number of carboxylic acid groups (broad SMARTS) is 1. The van der Waals surface area contributed by atoms with E-state index in [1.54, 1.807) is 0 Å². The molecule has 1 aromatic rings. The molecule has 0 spiro atoms. The van der Waals surface area contributed by atoms with E-state index in [2.05, 4.69) is 27.7 Å². The Labute approximate surface area is 161 Å². The van der Waals surface area contributed by atoms with Gasteiger partial charge in [0.15, 0.2) is 0 Å². The van der Waals surface area contributed by atoms with Gasteiger partial charge in [0.1, 0.15) is 0 Å². The van der Waals surface area contributed by atoms with E-state index in [9.17, 15) is 9.59 Å². The highest BCUT2D eigenvalue weighted by atomic mass is 16.4. The number of rotatable bonds is 6. The maximum Gasteiger partial charge on any atom is 0.319 e. The number of carboxylic acids is 1. The minimum absolute atomic E-state index is 0.0596. The van der Waals surface area contributed by atoms with Crippen LogP contribution in [0.5, 0.6) is 0 Å². The Hall–Kier alpha value is -2.08. The number of hydrogen-bond donors (Lipinski definition) is 3. The number of nitrogens with zero attached hydrogens (tertiary/aromatic N) is 1. The average Bonchev–Trinajstić information content (AvgIpc) is 2.68. The second kappa shape index (κ2) is 9.74. The summed E-state index contributed by atoms with van der Waals surface area (Å²) in [6.45, 7) is 3.54. The number of urea groups is 1. The van der Waals surface area contributed by atoms with Crippen molar-refractivity contribution in [1.29, 1.82) is 0 Å². The lowest BCUT2D eigenvalue weighted by molar-refractivity contribution is -0.142. The zero-order chi connectivity index (χ0) is 19.1. The molecule has 1 aromatic carbocycles. The molecule has 1 aliphatic carbocycles. The van der Waals surface area contributed by atoms with Gasteiger partial charge in [-0.3, -0.25) is 4.79 Å². The molecule has 148 valence electrons. The van der Waals surface area contributed by atoms with E-state index < -0.39 is 5.97 Å². The fourth-order valence-corrected chi connectivity index (χ4v) is 4.06. The van der Waals surface area contributed by atoms with Crippen molar-refractivity contribution in [2.45, 2.75) is 57.4 Å². The minimum atomic E-state index is -0.724. The van der Waals surface area contributed by atoms with Gasteiger partial charge in [-0.05, 0) is 75.7 Å². The monoisotopic (exact) mass is 373 g/mol. The fourth-order valence-electron chi connectivity index (χ4n) is 4.06. The fraction of sp³-hybridized carbons (Fsp3) is 0.619. The van der Waals surface area contributed by atoms with Crippen molar-refractivity contribution in [2.75, 3.05) is 25.0 Å². The summed E-state index contributed by atoms with van der Waals surface area (Å²) in [7, 11) is 0. The molecule has 1 aliphatic heterocycles. The standard InChI is InChI=1S/C21H31N3O3/c25-20(26)17-6-10-19(11-7-17)23-21(27)22-18-8-4-16(5-9-18)12-15-24-13-2-1-3-14-24/h4-5,8-9,17,19H,1-3,6-7,10-15H2,(H,25,26)(H2,22,23,27). The number of aliphatic carboxylic acids is 1. The highest BCUT2D eigenvalue weighted by Crippen LogP contribution is 2.24. The Morgan fingerprint density at radius 2 is 1.67 bits per heavy atom. The SMILES string of the molecule is O=C(Nc1ccc(CCN2CCCCC2)cc1)NC1CCC(C(=O)O)CC1. The number of nitrogens with one attached hydrogen (secondary N) is 2. The molecule has 3 N–H and O–H groups in total. The van der Waals surface area contributed by atoms with E-state index in [1.165, 1.54) is 37.9 Å². The molecule has 1 saturated heterocycles. The summed E-state index contributed by atoms with van der Waals surface area (Å²) < 4.78 is 0. The molecule has 2 aliphatic rings. The molecule has 0 atom stereocenters. The first kappa shape index (κ1) is 19.7. The molecular formula is C21H31N3O3. The van der Waals surface area contributed by atoms with Gasteiger partial charge in [-0.15, -0.1) is 0 Å². The van der Waals surface area contributed by atoms with Gasteiger partial charge >= 0.3 is 12.0 Å². The van der Waals surface area contributed by atoms with E-state index in [1.807, 2.05) is 12.1 Å². The maximum absolute atomic E-state index is 12.2. The molecule has 3 rings (SSSR count). The third kappa shape index (κ3) is 6.24. The van der Waals surface area contributed by atoms with Crippen molar-refractivity contribution in [2.24, 2.45) is 5.92 Å². The molecule has 0 bridgehead atoms. The number of amides is 2. The highest BCUT2D eigenvalue weighted by Gasteiger charge is 2.26. The van der Waals surface area contributed by atoms with Gasteiger partial charge in [-0.2, -0.15) is 0 Å². The smallest absolute Gasteiger partial charge is 0.319 e. The van der Waals surface area contributed by atoms with Crippen LogP contribution in [0.2, 0.25) is 0 Å². The zero-order valence-corrected chi connectivity index (χ0v) is 16.0. The van der Waals surface area contributed by atoms with Crippen LogP contribution in [0.25, 0.3) is 0 Å². The predicted octanol–water partition coefficient (Wildman–Crippen LogP) is 3.48. The van der Waals surface area contributed by atoms with Gasteiger partial charge in [0, 0.05) is 18.3 Å². The Kier molecular flexibility index (Phi) is 7.10. The second-order valence-corrected chi connectivity index (χ2v) is 7.83. The highest BCUT2D eigenvalue weighted by molar-refractivity contribution is 5.89. The zero-order valence-electron chi connectivity index (χ0n) is 16.0. The third-order valence-electron chi connectivity index (χ3n) is 5.79. The molecular weight excluding hydrogens is 342 g/mol. The molecule has 6 heteroatoms. The Bertz CT molecular complexity index is 618. The van der Waals surface area contributed by atoms with Crippen LogP contribution in [-0.2, 0) is 11.2 Å². The van der Waals surface area contributed by atoms with E-state index in [0.29, 0.717) is 12.8 Å². The van der Waals surface area contributed by atoms with Gasteiger partial charge in [0.2, 0.25) is 0 Å². The van der Waals surface area contributed by atoms with Crippen molar-refractivity contribution >= 4 is 17.7 Å². The number of carbonyl (C=O) groups is 2. The molecule has 2 amide bonds.